The standard InChI is InChI=1S/C6H5BrO4S.K/c7-5-1-3-6(4-2-5)11-12(8,9)10;/h1-4H,(H,8,9,10);/q;+1/p-1. The third kappa shape index (κ3) is 6.18. The van der Waals surface area contributed by atoms with E-state index in [0.29, 0.717) is 0 Å². The molecule has 0 unspecified atom stereocenters. The Bertz CT molecular complexity index is 361. The summed E-state index contributed by atoms with van der Waals surface area (Å²) in [4.78, 5) is 0. The van der Waals surface area contributed by atoms with Gasteiger partial charge in [-0.15, -0.1) is 0 Å². The van der Waals surface area contributed by atoms with Crippen LogP contribution in [0.5, 0.6) is 5.75 Å². The van der Waals surface area contributed by atoms with Crippen LogP contribution in [0.25, 0.3) is 0 Å². The number of rotatable bonds is 2. The van der Waals surface area contributed by atoms with E-state index in [1.165, 1.54) is 12.1 Å². The Labute approximate surface area is 127 Å². The van der Waals surface area contributed by atoms with E-state index in [-0.39, 0.29) is 57.1 Å². The number of benzene rings is 1. The van der Waals surface area contributed by atoms with Gasteiger partial charge in [-0.3, -0.25) is 0 Å². The van der Waals surface area contributed by atoms with Gasteiger partial charge in [-0.25, -0.2) is 8.42 Å². The fraction of sp³-hybridized carbons (Fsp3) is 0. The maximum Gasteiger partial charge on any atom is 1.00 e. The molecule has 0 radical (unpaired) electrons. The van der Waals surface area contributed by atoms with Gasteiger partial charge in [0.05, 0.1) is 0 Å². The second-order valence-corrected chi connectivity index (χ2v) is 3.84. The first kappa shape index (κ1) is 14.0. The quantitative estimate of drug-likeness (QED) is 0.370. The molecule has 0 saturated carbocycles. The monoisotopic (exact) mass is 290 g/mol. The molecule has 0 saturated heterocycles. The molecule has 0 heterocycles. The van der Waals surface area contributed by atoms with Gasteiger partial charge in [-0.2, -0.15) is 0 Å². The van der Waals surface area contributed by atoms with Crippen LogP contribution >= 0.6 is 15.9 Å². The average molecular weight is 291 g/mol. The van der Waals surface area contributed by atoms with Gasteiger partial charge in [-0.1, -0.05) is 15.9 Å². The fourth-order valence-electron chi connectivity index (χ4n) is 0.608. The van der Waals surface area contributed by atoms with Gasteiger partial charge in [-0.05, 0) is 24.3 Å². The average Bonchev–Trinajstić information content (AvgIpc) is 1.91. The van der Waals surface area contributed by atoms with Gasteiger partial charge in [0, 0.05) is 4.47 Å². The van der Waals surface area contributed by atoms with Gasteiger partial charge in [0.1, 0.15) is 5.75 Å². The van der Waals surface area contributed by atoms with E-state index in [4.69, 9.17) is 0 Å². The van der Waals surface area contributed by atoms with Crippen molar-refractivity contribution in [1.29, 1.82) is 0 Å². The molecular weight excluding hydrogens is 287 g/mol. The Hall–Kier alpha value is 1.05. The van der Waals surface area contributed by atoms with Gasteiger partial charge in [0.15, 0.2) is 0 Å². The molecule has 66 valence electrons. The van der Waals surface area contributed by atoms with Crippen LogP contribution in [0.4, 0.5) is 0 Å². The van der Waals surface area contributed by atoms with Crippen LogP contribution in [0, 0.1) is 0 Å². The Kier molecular flexibility index (Phi) is 6.28. The molecule has 0 N–H and O–H groups in total. The minimum Gasteiger partial charge on any atom is -0.716 e. The van der Waals surface area contributed by atoms with E-state index < -0.39 is 10.4 Å². The SMILES string of the molecule is O=S(=O)([O-])Oc1ccc(Br)cc1.[K+]. The molecular formula is C6H4BrKO4S. The summed E-state index contributed by atoms with van der Waals surface area (Å²) in [5.41, 5.74) is 0. The van der Waals surface area contributed by atoms with E-state index in [1.54, 1.807) is 12.1 Å². The summed E-state index contributed by atoms with van der Waals surface area (Å²) < 4.78 is 35.1. The second kappa shape index (κ2) is 5.81. The molecule has 0 atom stereocenters. The topological polar surface area (TPSA) is 66.4 Å². The van der Waals surface area contributed by atoms with Crippen LogP contribution in [-0.4, -0.2) is 13.0 Å². The van der Waals surface area contributed by atoms with Gasteiger partial charge in [0.2, 0.25) is 0 Å². The van der Waals surface area contributed by atoms with Crippen LogP contribution in [0.1, 0.15) is 0 Å². The number of halogens is 1. The van der Waals surface area contributed by atoms with Crippen LogP contribution in [0.3, 0.4) is 0 Å². The summed E-state index contributed by atoms with van der Waals surface area (Å²) in [5, 5.41) is 0. The summed E-state index contributed by atoms with van der Waals surface area (Å²) in [6.45, 7) is 0. The van der Waals surface area contributed by atoms with Crippen LogP contribution in [-0.2, 0) is 10.4 Å². The first-order chi connectivity index (χ1) is 5.47. The van der Waals surface area contributed by atoms with Crippen molar-refractivity contribution in [3.05, 3.63) is 28.7 Å². The van der Waals surface area contributed by atoms with Crippen molar-refractivity contribution < 1.29 is 68.5 Å². The van der Waals surface area contributed by atoms with Gasteiger partial charge < -0.3 is 8.74 Å². The van der Waals surface area contributed by atoms with E-state index in [0.717, 1.165) is 4.47 Å². The molecule has 1 aromatic rings. The Morgan fingerprint density at radius 3 is 2.08 bits per heavy atom. The minimum absolute atomic E-state index is 0. The van der Waals surface area contributed by atoms with Crippen molar-refractivity contribution in [1.82, 2.24) is 0 Å². The summed E-state index contributed by atoms with van der Waals surface area (Å²) in [6, 6.07) is 5.89. The molecule has 13 heavy (non-hydrogen) atoms. The smallest absolute Gasteiger partial charge is 0.716 e. The number of hydrogen-bond acceptors (Lipinski definition) is 4. The van der Waals surface area contributed by atoms with Crippen molar-refractivity contribution >= 4 is 26.3 Å². The van der Waals surface area contributed by atoms with Gasteiger partial charge in [0.25, 0.3) is 10.4 Å². The first-order valence-electron chi connectivity index (χ1n) is 2.88. The predicted molar refractivity (Wildman–Crippen MR) is 44.5 cm³/mol. The van der Waals surface area contributed by atoms with Crippen molar-refractivity contribution in [2.75, 3.05) is 0 Å². The largest absolute Gasteiger partial charge is 1.00 e. The van der Waals surface area contributed by atoms with Crippen molar-refractivity contribution in [3.63, 3.8) is 0 Å². The second-order valence-electron chi connectivity index (χ2n) is 1.95. The molecule has 0 fully saturated rings. The van der Waals surface area contributed by atoms with Crippen LogP contribution in [0.2, 0.25) is 0 Å². The molecule has 4 nitrogen and oxygen atoms in total. The summed E-state index contributed by atoms with van der Waals surface area (Å²) in [7, 11) is -4.66. The number of hydrogen-bond donors (Lipinski definition) is 0. The zero-order valence-corrected chi connectivity index (χ0v) is 12.3. The van der Waals surface area contributed by atoms with Crippen LogP contribution < -0.4 is 55.6 Å². The van der Waals surface area contributed by atoms with Crippen molar-refractivity contribution in [2.24, 2.45) is 0 Å². The molecule has 7 heteroatoms. The Balaban J connectivity index is 0.00000144. The van der Waals surface area contributed by atoms with E-state index in [9.17, 15) is 13.0 Å². The predicted octanol–water partition coefficient (Wildman–Crippen LogP) is -1.71. The zero-order valence-electron chi connectivity index (χ0n) is 6.73. The molecule has 0 bridgehead atoms. The summed E-state index contributed by atoms with van der Waals surface area (Å²) in [6.07, 6.45) is 0. The summed E-state index contributed by atoms with van der Waals surface area (Å²) in [5.74, 6) is 0.00759. The van der Waals surface area contributed by atoms with Gasteiger partial charge >= 0.3 is 51.4 Å². The third-order valence-corrected chi connectivity index (χ3v) is 1.94. The molecule has 1 rings (SSSR count). The Morgan fingerprint density at radius 1 is 1.23 bits per heavy atom. The van der Waals surface area contributed by atoms with E-state index in [1.807, 2.05) is 0 Å². The molecule has 0 aliphatic carbocycles. The minimum atomic E-state index is -4.66. The fourth-order valence-corrected chi connectivity index (χ4v) is 1.22. The van der Waals surface area contributed by atoms with E-state index >= 15 is 0 Å². The molecule has 0 aromatic heterocycles. The zero-order chi connectivity index (χ0) is 9.19. The molecule has 0 aliphatic rings. The molecule has 0 aliphatic heterocycles. The normalized spacial score (nSPS) is 10.3. The molecule has 0 spiro atoms. The van der Waals surface area contributed by atoms with E-state index in [2.05, 4.69) is 20.1 Å². The maximum atomic E-state index is 10.1. The summed E-state index contributed by atoms with van der Waals surface area (Å²) >= 11 is 3.14. The first-order valence-corrected chi connectivity index (χ1v) is 5.01. The maximum absolute atomic E-state index is 10.1. The Morgan fingerprint density at radius 2 is 1.69 bits per heavy atom. The molecule has 0 amide bonds. The third-order valence-electron chi connectivity index (χ3n) is 1.01. The van der Waals surface area contributed by atoms with Crippen LogP contribution in [0.15, 0.2) is 28.7 Å². The van der Waals surface area contributed by atoms with Crippen molar-refractivity contribution in [3.8, 4) is 5.75 Å². The van der Waals surface area contributed by atoms with Crippen molar-refractivity contribution in [2.45, 2.75) is 0 Å². The molecule has 1 aromatic carbocycles.